The van der Waals surface area contributed by atoms with Gasteiger partial charge in [-0.2, -0.15) is 29.6 Å². The second-order valence-electron chi connectivity index (χ2n) is 4.12. The van der Waals surface area contributed by atoms with Crippen LogP contribution >= 0.6 is 11.3 Å². The molecule has 0 radical (unpaired) electrons. The van der Waals surface area contributed by atoms with Crippen molar-refractivity contribution >= 4 is 17.2 Å². The molecule has 0 atom stereocenters. The van der Waals surface area contributed by atoms with E-state index in [-0.39, 0.29) is 6.54 Å². The van der Waals surface area contributed by atoms with E-state index in [0.717, 1.165) is 11.3 Å². The second-order valence-corrected chi connectivity index (χ2v) is 4.90. The van der Waals surface area contributed by atoms with Crippen LogP contribution in [0.25, 0.3) is 11.3 Å². The van der Waals surface area contributed by atoms with Crippen LogP contribution < -0.4 is 5.32 Å². The first kappa shape index (κ1) is 14.6. The molecule has 0 spiro atoms. The van der Waals surface area contributed by atoms with Crippen LogP contribution in [0.15, 0.2) is 29.1 Å². The highest BCUT2D eigenvalue weighted by molar-refractivity contribution is 7.08. The van der Waals surface area contributed by atoms with Crippen molar-refractivity contribution in [2.24, 2.45) is 0 Å². The molecule has 0 bridgehead atoms. The topological polar surface area (TPSA) is 46.9 Å². The number of carbonyl (C=O) groups is 1. The Hall–Kier alpha value is -1.83. The quantitative estimate of drug-likeness (QED) is 0.923. The van der Waals surface area contributed by atoms with Gasteiger partial charge in [0.2, 0.25) is 5.91 Å². The van der Waals surface area contributed by atoms with Gasteiger partial charge in [-0.1, -0.05) is 0 Å². The Bertz CT molecular complexity index is 563. The van der Waals surface area contributed by atoms with Crippen molar-refractivity contribution in [2.45, 2.75) is 19.1 Å². The SMILES string of the molecule is O=C(CC(F)(F)F)NCCn1ccc(-c2ccsc2)n1. The molecule has 2 aromatic heterocycles. The molecule has 2 aromatic rings. The minimum atomic E-state index is -4.47. The summed E-state index contributed by atoms with van der Waals surface area (Å²) in [5.74, 6) is -1.03. The average Bonchev–Trinajstić information content (AvgIpc) is 2.96. The lowest BCUT2D eigenvalue weighted by Crippen LogP contribution is -2.31. The molecule has 2 rings (SSSR count). The maximum atomic E-state index is 11.9. The number of halogens is 3. The molecule has 0 aliphatic carbocycles. The summed E-state index contributed by atoms with van der Waals surface area (Å²) in [5.41, 5.74) is 1.79. The summed E-state index contributed by atoms with van der Waals surface area (Å²) in [7, 11) is 0. The predicted molar refractivity (Wildman–Crippen MR) is 69.2 cm³/mol. The monoisotopic (exact) mass is 303 g/mol. The third-order valence-electron chi connectivity index (χ3n) is 2.48. The fourth-order valence-corrected chi connectivity index (χ4v) is 2.25. The first-order valence-electron chi connectivity index (χ1n) is 5.83. The highest BCUT2D eigenvalue weighted by atomic mass is 32.1. The van der Waals surface area contributed by atoms with Gasteiger partial charge in [-0.15, -0.1) is 0 Å². The van der Waals surface area contributed by atoms with E-state index in [1.807, 2.05) is 22.9 Å². The third kappa shape index (κ3) is 4.37. The van der Waals surface area contributed by atoms with Crippen molar-refractivity contribution < 1.29 is 18.0 Å². The molecular weight excluding hydrogens is 291 g/mol. The van der Waals surface area contributed by atoms with E-state index in [2.05, 4.69) is 10.4 Å². The molecule has 20 heavy (non-hydrogen) atoms. The average molecular weight is 303 g/mol. The molecular formula is C12H12F3N3OS. The zero-order valence-corrected chi connectivity index (χ0v) is 11.2. The van der Waals surface area contributed by atoms with E-state index < -0.39 is 18.5 Å². The van der Waals surface area contributed by atoms with Gasteiger partial charge >= 0.3 is 6.18 Å². The van der Waals surface area contributed by atoms with E-state index >= 15 is 0 Å². The second kappa shape index (κ2) is 6.08. The van der Waals surface area contributed by atoms with Gasteiger partial charge in [0.05, 0.1) is 12.2 Å². The van der Waals surface area contributed by atoms with E-state index in [9.17, 15) is 18.0 Å². The summed E-state index contributed by atoms with van der Waals surface area (Å²) in [6.45, 7) is 0.438. The molecule has 0 aliphatic rings. The number of carbonyl (C=O) groups excluding carboxylic acids is 1. The minimum Gasteiger partial charge on any atom is -0.354 e. The number of amides is 1. The number of alkyl halides is 3. The number of hydrogen-bond acceptors (Lipinski definition) is 3. The fraction of sp³-hybridized carbons (Fsp3) is 0.333. The summed E-state index contributed by atoms with van der Waals surface area (Å²) < 4.78 is 37.4. The zero-order valence-electron chi connectivity index (χ0n) is 10.4. The van der Waals surface area contributed by atoms with Crippen molar-refractivity contribution in [2.75, 3.05) is 6.54 Å². The van der Waals surface area contributed by atoms with Crippen LogP contribution in [0, 0.1) is 0 Å². The molecule has 1 N–H and O–H groups in total. The van der Waals surface area contributed by atoms with Gasteiger partial charge in [0.15, 0.2) is 0 Å². The molecule has 0 aromatic carbocycles. The Kier molecular flexibility index (Phi) is 4.43. The van der Waals surface area contributed by atoms with Crippen molar-refractivity contribution in [3.05, 3.63) is 29.1 Å². The maximum Gasteiger partial charge on any atom is 0.397 e. The van der Waals surface area contributed by atoms with Gasteiger partial charge < -0.3 is 5.32 Å². The lowest BCUT2D eigenvalue weighted by molar-refractivity contribution is -0.153. The van der Waals surface area contributed by atoms with Gasteiger partial charge in [-0.05, 0) is 17.5 Å². The van der Waals surface area contributed by atoms with Gasteiger partial charge in [-0.25, -0.2) is 0 Å². The van der Waals surface area contributed by atoms with Crippen LogP contribution in [0.5, 0.6) is 0 Å². The fourth-order valence-electron chi connectivity index (χ4n) is 1.60. The Labute approximate surface area is 117 Å². The Morgan fingerprint density at radius 3 is 2.85 bits per heavy atom. The Morgan fingerprint density at radius 2 is 2.20 bits per heavy atom. The van der Waals surface area contributed by atoms with Crippen LogP contribution in [0.1, 0.15) is 6.42 Å². The lowest BCUT2D eigenvalue weighted by atomic mass is 10.2. The molecule has 2 heterocycles. The van der Waals surface area contributed by atoms with E-state index in [4.69, 9.17) is 0 Å². The first-order chi connectivity index (χ1) is 9.44. The standard InChI is InChI=1S/C12H12F3N3OS/c13-12(14,15)7-11(19)16-3-5-18-4-1-10(17-18)9-2-6-20-8-9/h1-2,4,6,8H,3,5,7H2,(H,16,19). The summed E-state index contributed by atoms with van der Waals surface area (Å²) >= 11 is 1.56. The number of rotatable bonds is 5. The molecule has 0 fully saturated rings. The van der Waals surface area contributed by atoms with E-state index in [0.29, 0.717) is 6.54 Å². The molecule has 4 nitrogen and oxygen atoms in total. The van der Waals surface area contributed by atoms with Crippen molar-refractivity contribution in [3.8, 4) is 11.3 Å². The number of hydrogen-bond donors (Lipinski definition) is 1. The van der Waals surface area contributed by atoms with Crippen LogP contribution in [0.2, 0.25) is 0 Å². The Morgan fingerprint density at radius 1 is 1.40 bits per heavy atom. The summed E-state index contributed by atoms with van der Waals surface area (Å²) in [6.07, 6.45) is -4.20. The number of aromatic nitrogens is 2. The van der Waals surface area contributed by atoms with Gasteiger partial charge in [0, 0.05) is 23.7 Å². The largest absolute Gasteiger partial charge is 0.397 e. The third-order valence-corrected chi connectivity index (χ3v) is 3.16. The Balaban J connectivity index is 1.79. The zero-order chi connectivity index (χ0) is 14.6. The summed E-state index contributed by atoms with van der Waals surface area (Å²) in [6, 6.07) is 3.75. The normalized spacial score (nSPS) is 11.6. The van der Waals surface area contributed by atoms with Gasteiger partial charge in [0.1, 0.15) is 6.42 Å². The summed E-state index contributed by atoms with van der Waals surface area (Å²) in [5, 5.41) is 10.4. The highest BCUT2D eigenvalue weighted by Gasteiger charge is 2.30. The molecule has 0 aliphatic heterocycles. The molecule has 108 valence electrons. The molecule has 1 amide bonds. The van der Waals surface area contributed by atoms with Crippen LogP contribution in [-0.4, -0.2) is 28.4 Å². The molecule has 8 heteroatoms. The molecule has 0 saturated carbocycles. The van der Waals surface area contributed by atoms with E-state index in [1.165, 1.54) is 0 Å². The molecule has 0 saturated heterocycles. The van der Waals surface area contributed by atoms with Gasteiger partial charge in [-0.3, -0.25) is 9.48 Å². The summed E-state index contributed by atoms with van der Waals surface area (Å²) in [4.78, 5) is 11.0. The van der Waals surface area contributed by atoms with Crippen LogP contribution in [0.3, 0.4) is 0 Å². The lowest BCUT2D eigenvalue weighted by Gasteiger charge is -2.07. The molecule has 0 unspecified atom stereocenters. The number of nitrogens with one attached hydrogen (secondary N) is 1. The predicted octanol–water partition coefficient (Wildman–Crippen LogP) is 2.68. The van der Waals surface area contributed by atoms with Gasteiger partial charge in [0.25, 0.3) is 0 Å². The van der Waals surface area contributed by atoms with Crippen molar-refractivity contribution in [1.82, 2.24) is 15.1 Å². The van der Waals surface area contributed by atoms with E-state index in [1.54, 1.807) is 22.2 Å². The highest BCUT2D eigenvalue weighted by Crippen LogP contribution is 2.20. The first-order valence-corrected chi connectivity index (χ1v) is 6.78. The van der Waals surface area contributed by atoms with Crippen LogP contribution in [-0.2, 0) is 11.3 Å². The number of thiophene rings is 1. The van der Waals surface area contributed by atoms with Crippen LogP contribution in [0.4, 0.5) is 13.2 Å². The minimum absolute atomic E-state index is 0.111. The smallest absolute Gasteiger partial charge is 0.354 e. The van der Waals surface area contributed by atoms with Crippen molar-refractivity contribution in [1.29, 1.82) is 0 Å². The number of nitrogens with zero attached hydrogens (tertiary/aromatic N) is 2. The van der Waals surface area contributed by atoms with Crippen molar-refractivity contribution in [3.63, 3.8) is 0 Å². The maximum absolute atomic E-state index is 11.9.